The maximum atomic E-state index is 10.2. The maximum Gasteiger partial charge on any atom is 0.178 e. The fourth-order valence-electron chi connectivity index (χ4n) is 6.28. The first-order chi connectivity index (χ1) is 25.8. The Balaban J connectivity index is 0.000000164. The quantitative estimate of drug-likeness (QED) is 0.120. The number of aromatic amines is 2. The van der Waals surface area contributed by atoms with Crippen LogP contribution in [0.1, 0.15) is 12.8 Å². The Morgan fingerprint density at radius 1 is 0.660 bits per heavy atom. The summed E-state index contributed by atoms with van der Waals surface area (Å²) in [4.78, 5) is 28.6. The third-order valence-corrected chi connectivity index (χ3v) is 9.86. The van der Waals surface area contributed by atoms with Crippen molar-refractivity contribution in [2.75, 3.05) is 65.7 Å². The number of morpholine rings is 1. The second-order valence-corrected chi connectivity index (χ2v) is 15.0. The Morgan fingerprint density at radius 2 is 1.09 bits per heavy atom. The number of H-pyrrole nitrogens is 2. The average molecular weight is 851 g/mol. The first-order valence-corrected chi connectivity index (χ1v) is 19.3. The smallest absolute Gasteiger partial charge is 0.178 e. The standard InChI is InChI=1S/C19H21BrN4O3.C19H21BrN4O2/c20-14-9-17-19(21-10-14)23-18(22-17)13-1-3-16(4-2-13)27-12-15(25)11-24-5-7-26-8-6-24;20-14-9-17-19(21-10-14)23-18(22-17)13-3-5-16(6-4-13)26-12-15(25)11-24-7-1-2-8-24/h1-4,9-10,15,25H,5-8,11-12H2,(H,21,22,23);3-6,9-10,15,25H,1-2,7-8,11-12H2,(H,21,22,23). The van der Waals surface area contributed by atoms with Crippen LogP contribution in [-0.4, -0.2) is 128 Å². The van der Waals surface area contributed by atoms with E-state index in [2.05, 4.69) is 71.6 Å². The third-order valence-electron chi connectivity index (χ3n) is 8.99. The molecule has 278 valence electrons. The number of nitrogens with one attached hydrogen (secondary N) is 2. The summed E-state index contributed by atoms with van der Waals surface area (Å²) in [5, 5.41) is 20.3. The topological polar surface area (TPSA) is 158 Å². The molecule has 0 saturated carbocycles. The number of likely N-dealkylation sites (tertiary alicyclic amines) is 1. The molecular formula is C38H42Br2N8O5. The SMILES string of the molecule is OC(COc1ccc(-c2nc3ncc(Br)cc3[nH]2)cc1)CN1CCCC1.OC(COc1ccc(-c2nc3ncc(Br)cc3[nH]2)cc1)CN1CCOCC1. The molecule has 0 bridgehead atoms. The van der Waals surface area contributed by atoms with Crippen molar-refractivity contribution in [3.8, 4) is 34.3 Å². The molecule has 15 heteroatoms. The van der Waals surface area contributed by atoms with Crippen LogP contribution in [0.2, 0.25) is 0 Å². The highest BCUT2D eigenvalue weighted by Gasteiger charge is 2.17. The number of rotatable bonds is 12. The Hall–Kier alpha value is -3.96. The number of hydrogen-bond acceptors (Lipinski definition) is 11. The van der Waals surface area contributed by atoms with Crippen molar-refractivity contribution in [1.82, 2.24) is 39.7 Å². The Bertz CT molecular complexity index is 2070. The van der Waals surface area contributed by atoms with Gasteiger partial charge in [0.25, 0.3) is 0 Å². The fourth-order valence-corrected chi connectivity index (χ4v) is 6.94. The van der Waals surface area contributed by atoms with Crippen LogP contribution >= 0.6 is 31.9 Å². The molecule has 2 fully saturated rings. The zero-order chi connectivity index (χ0) is 36.6. The van der Waals surface area contributed by atoms with Gasteiger partial charge in [0.2, 0.25) is 0 Å². The molecule has 6 heterocycles. The number of benzene rings is 2. The van der Waals surface area contributed by atoms with Gasteiger partial charge in [-0.3, -0.25) is 4.90 Å². The van der Waals surface area contributed by atoms with Crippen molar-refractivity contribution in [3.05, 3.63) is 82.0 Å². The number of halogens is 2. The zero-order valence-electron chi connectivity index (χ0n) is 29.1. The monoisotopic (exact) mass is 848 g/mol. The summed E-state index contributed by atoms with van der Waals surface area (Å²) < 4.78 is 18.6. The molecule has 53 heavy (non-hydrogen) atoms. The highest BCUT2D eigenvalue weighted by atomic mass is 79.9. The van der Waals surface area contributed by atoms with Crippen molar-refractivity contribution in [2.45, 2.75) is 25.0 Å². The summed E-state index contributed by atoms with van der Waals surface area (Å²) in [6.07, 6.45) is 4.92. The molecule has 13 nitrogen and oxygen atoms in total. The van der Waals surface area contributed by atoms with E-state index in [1.165, 1.54) is 12.8 Å². The number of ether oxygens (including phenoxy) is 3. The summed E-state index contributed by atoms with van der Waals surface area (Å²) in [6.45, 7) is 7.17. The summed E-state index contributed by atoms with van der Waals surface area (Å²) in [5.41, 5.74) is 5.05. The van der Waals surface area contributed by atoms with Crippen molar-refractivity contribution < 1.29 is 24.4 Å². The van der Waals surface area contributed by atoms with E-state index in [0.717, 1.165) is 93.6 Å². The highest BCUT2D eigenvalue weighted by Crippen LogP contribution is 2.25. The number of aliphatic hydroxyl groups is 2. The summed E-state index contributed by atoms with van der Waals surface area (Å²) in [5.74, 6) is 2.99. The van der Waals surface area contributed by atoms with E-state index in [-0.39, 0.29) is 6.61 Å². The van der Waals surface area contributed by atoms with Crippen LogP contribution in [0, 0.1) is 0 Å². The first kappa shape index (κ1) is 37.4. The van der Waals surface area contributed by atoms with Crippen LogP contribution in [0.5, 0.6) is 11.5 Å². The van der Waals surface area contributed by atoms with E-state index in [1.807, 2.05) is 60.7 Å². The highest BCUT2D eigenvalue weighted by molar-refractivity contribution is 9.10. The molecule has 4 N–H and O–H groups in total. The zero-order valence-corrected chi connectivity index (χ0v) is 32.3. The lowest BCUT2D eigenvalue weighted by Gasteiger charge is -2.28. The largest absolute Gasteiger partial charge is 0.491 e. The van der Waals surface area contributed by atoms with Crippen LogP contribution in [0.15, 0.2) is 82.0 Å². The minimum absolute atomic E-state index is 0.263. The Morgan fingerprint density at radius 3 is 1.55 bits per heavy atom. The fraction of sp³-hybridized carbons (Fsp3) is 0.368. The predicted molar refractivity (Wildman–Crippen MR) is 210 cm³/mol. The van der Waals surface area contributed by atoms with Gasteiger partial charge in [0.1, 0.15) is 48.6 Å². The molecule has 2 unspecified atom stereocenters. The van der Waals surface area contributed by atoms with Crippen molar-refractivity contribution in [1.29, 1.82) is 0 Å². The molecule has 0 aliphatic carbocycles. The van der Waals surface area contributed by atoms with Gasteiger partial charge >= 0.3 is 0 Å². The number of β-amino-alcohol motifs (C(OH)–C–C–N with tert-alkyl or cyclic N) is 2. The van der Waals surface area contributed by atoms with Crippen LogP contribution in [0.4, 0.5) is 0 Å². The number of nitrogens with zero attached hydrogens (tertiary/aromatic N) is 6. The number of pyridine rings is 2. The normalized spacial score (nSPS) is 16.4. The van der Waals surface area contributed by atoms with Gasteiger partial charge in [0, 0.05) is 58.6 Å². The second-order valence-electron chi connectivity index (χ2n) is 13.1. The molecule has 2 saturated heterocycles. The minimum atomic E-state index is -0.525. The minimum Gasteiger partial charge on any atom is -0.491 e. The van der Waals surface area contributed by atoms with Gasteiger partial charge in [0.05, 0.1) is 24.2 Å². The molecule has 2 atom stereocenters. The Kier molecular flexibility index (Phi) is 12.6. The molecule has 2 aliphatic rings. The molecular weight excluding hydrogens is 808 g/mol. The summed E-state index contributed by atoms with van der Waals surface area (Å²) >= 11 is 6.82. The van der Waals surface area contributed by atoms with Crippen LogP contribution < -0.4 is 9.47 Å². The number of hydrogen-bond donors (Lipinski definition) is 4. The lowest BCUT2D eigenvalue weighted by Crippen LogP contribution is -2.42. The van der Waals surface area contributed by atoms with Crippen LogP contribution in [-0.2, 0) is 4.74 Å². The van der Waals surface area contributed by atoms with Gasteiger partial charge in [-0.2, -0.15) is 0 Å². The number of fused-ring (bicyclic) bond motifs is 2. The summed E-state index contributed by atoms with van der Waals surface area (Å²) in [6, 6.07) is 19.3. The lowest BCUT2D eigenvalue weighted by atomic mass is 10.2. The number of imidazole rings is 2. The average Bonchev–Trinajstić information content (AvgIpc) is 3.94. The van der Waals surface area contributed by atoms with Crippen molar-refractivity contribution >= 4 is 54.2 Å². The van der Waals surface area contributed by atoms with Crippen molar-refractivity contribution in [3.63, 3.8) is 0 Å². The maximum absolute atomic E-state index is 10.2. The van der Waals surface area contributed by atoms with E-state index in [9.17, 15) is 10.2 Å². The number of aliphatic hydroxyl groups excluding tert-OH is 2. The molecule has 0 spiro atoms. The van der Waals surface area contributed by atoms with E-state index in [1.54, 1.807) is 12.4 Å². The van der Waals surface area contributed by atoms with Crippen LogP contribution in [0.3, 0.4) is 0 Å². The van der Waals surface area contributed by atoms with E-state index < -0.39 is 12.2 Å². The molecule has 6 aromatic rings. The van der Waals surface area contributed by atoms with Crippen molar-refractivity contribution in [2.24, 2.45) is 0 Å². The van der Waals surface area contributed by atoms with Gasteiger partial charge in [-0.1, -0.05) is 0 Å². The molecule has 4 aromatic heterocycles. The lowest BCUT2D eigenvalue weighted by molar-refractivity contribution is 0.00465. The summed E-state index contributed by atoms with van der Waals surface area (Å²) in [7, 11) is 0. The van der Waals surface area contributed by atoms with E-state index in [4.69, 9.17) is 14.2 Å². The van der Waals surface area contributed by atoms with Gasteiger partial charge < -0.3 is 39.3 Å². The molecule has 0 amide bonds. The number of aromatic nitrogens is 6. The van der Waals surface area contributed by atoms with Crippen LogP contribution in [0.25, 0.3) is 45.1 Å². The second kappa shape index (κ2) is 17.9. The first-order valence-electron chi connectivity index (χ1n) is 17.7. The van der Waals surface area contributed by atoms with E-state index in [0.29, 0.717) is 31.0 Å². The third kappa shape index (κ3) is 10.4. The predicted octanol–water partition coefficient (Wildman–Crippen LogP) is 5.68. The van der Waals surface area contributed by atoms with Gasteiger partial charge in [-0.25, -0.2) is 19.9 Å². The van der Waals surface area contributed by atoms with E-state index >= 15 is 0 Å². The molecule has 2 aliphatic heterocycles. The molecule has 2 aromatic carbocycles. The van der Waals surface area contributed by atoms with Gasteiger partial charge in [0.15, 0.2) is 11.3 Å². The van der Waals surface area contributed by atoms with Gasteiger partial charge in [-0.05, 0) is 118 Å². The Labute approximate surface area is 324 Å². The molecule has 8 rings (SSSR count). The molecule has 0 radical (unpaired) electrons. The van der Waals surface area contributed by atoms with Gasteiger partial charge in [-0.15, -0.1) is 0 Å².